The number of benzene rings is 1. The van der Waals surface area contributed by atoms with Gasteiger partial charge < -0.3 is 19.7 Å². The van der Waals surface area contributed by atoms with Gasteiger partial charge >= 0.3 is 5.97 Å². The van der Waals surface area contributed by atoms with E-state index in [9.17, 15) is 14.7 Å². The molecule has 0 spiro atoms. The van der Waals surface area contributed by atoms with Crippen LogP contribution in [-0.2, 0) is 22.7 Å². The van der Waals surface area contributed by atoms with Gasteiger partial charge in [0.05, 0.1) is 19.3 Å². The van der Waals surface area contributed by atoms with Gasteiger partial charge in [-0.1, -0.05) is 19.1 Å². The van der Waals surface area contributed by atoms with Crippen molar-refractivity contribution in [3.8, 4) is 0 Å². The van der Waals surface area contributed by atoms with Gasteiger partial charge in [0.2, 0.25) is 0 Å². The average Bonchev–Trinajstić information content (AvgIpc) is 2.89. The van der Waals surface area contributed by atoms with E-state index in [-0.39, 0.29) is 19.1 Å². The quantitative estimate of drug-likeness (QED) is 0.597. The SMILES string of the molecule is CCCn1c(C)c(C(=O)NC/C=C/C(=O)OC)c2cc(CO)ccc21. The van der Waals surface area contributed by atoms with Crippen molar-refractivity contribution < 1.29 is 19.4 Å². The van der Waals surface area contributed by atoms with Crippen LogP contribution in [0.1, 0.15) is 35.0 Å². The Morgan fingerprint density at radius 3 is 2.76 bits per heavy atom. The van der Waals surface area contributed by atoms with Crippen molar-refractivity contribution in [2.24, 2.45) is 0 Å². The predicted octanol–water partition coefficient (Wildman–Crippen LogP) is 2.31. The molecule has 1 heterocycles. The van der Waals surface area contributed by atoms with E-state index in [0.717, 1.165) is 35.1 Å². The van der Waals surface area contributed by atoms with Gasteiger partial charge in [0.15, 0.2) is 0 Å². The number of amides is 1. The summed E-state index contributed by atoms with van der Waals surface area (Å²) in [6, 6.07) is 5.67. The number of methoxy groups -OCH3 is 1. The molecule has 0 fully saturated rings. The standard InChI is InChI=1S/C19H24N2O4/c1-4-10-21-13(2)18(15-11-14(12-22)7-8-16(15)21)19(24)20-9-5-6-17(23)25-3/h5-8,11,22H,4,9-10,12H2,1-3H3,(H,20,24)/b6-5+. The Labute approximate surface area is 147 Å². The molecule has 1 aromatic heterocycles. The van der Waals surface area contributed by atoms with E-state index in [1.54, 1.807) is 6.08 Å². The Morgan fingerprint density at radius 1 is 1.36 bits per heavy atom. The molecular weight excluding hydrogens is 320 g/mol. The first-order valence-corrected chi connectivity index (χ1v) is 8.28. The summed E-state index contributed by atoms with van der Waals surface area (Å²) in [7, 11) is 1.30. The average molecular weight is 344 g/mol. The van der Waals surface area contributed by atoms with E-state index in [1.807, 2.05) is 25.1 Å². The van der Waals surface area contributed by atoms with Gasteiger partial charge in [-0.05, 0) is 31.0 Å². The number of hydrogen-bond donors (Lipinski definition) is 2. The summed E-state index contributed by atoms with van der Waals surface area (Å²) in [5.41, 5.74) is 3.24. The number of nitrogens with one attached hydrogen (secondary N) is 1. The van der Waals surface area contributed by atoms with Crippen molar-refractivity contribution in [2.75, 3.05) is 13.7 Å². The Bertz CT molecular complexity index is 805. The van der Waals surface area contributed by atoms with Crippen LogP contribution in [0, 0.1) is 6.92 Å². The van der Waals surface area contributed by atoms with Crippen LogP contribution in [0.15, 0.2) is 30.4 Å². The molecular formula is C19H24N2O4. The van der Waals surface area contributed by atoms with Gasteiger partial charge in [0, 0.05) is 35.8 Å². The lowest BCUT2D eigenvalue weighted by Crippen LogP contribution is -2.24. The van der Waals surface area contributed by atoms with Crippen molar-refractivity contribution in [1.82, 2.24) is 9.88 Å². The Hall–Kier alpha value is -2.60. The van der Waals surface area contributed by atoms with Gasteiger partial charge in [-0.2, -0.15) is 0 Å². The third kappa shape index (κ3) is 4.09. The van der Waals surface area contributed by atoms with E-state index in [2.05, 4.69) is 21.5 Å². The number of aliphatic hydroxyl groups excluding tert-OH is 1. The van der Waals surface area contributed by atoms with Crippen molar-refractivity contribution in [3.05, 3.63) is 47.2 Å². The molecule has 0 saturated heterocycles. The van der Waals surface area contributed by atoms with E-state index in [0.29, 0.717) is 5.56 Å². The minimum absolute atomic E-state index is 0.0725. The minimum Gasteiger partial charge on any atom is -0.466 e. The zero-order chi connectivity index (χ0) is 18.4. The third-order valence-corrected chi connectivity index (χ3v) is 4.08. The first-order valence-electron chi connectivity index (χ1n) is 8.28. The lowest BCUT2D eigenvalue weighted by atomic mass is 10.1. The maximum absolute atomic E-state index is 12.7. The minimum atomic E-state index is -0.461. The highest BCUT2D eigenvalue weighted by molar-refractivity contribution is 6.08. The first kappa shape index (κ1) is 18.7. The van der Waals surface area contributed by atoms with E-state index >= 15 is 0 Å². The molecule has 0 radical (unpaired) electrons. The molecule has 0 bridgehead atoms. The fraction of sp³-hybridized carbons (Fsp3) is 0.368. The lowest BCUT2D eigenvalue weighted by molar-refractivity contribution is -0.134. The van der Waals surface area contributed by atoms with Crippen LogP contribution in [0.25, 0.3) is 10.9 Å². The number of carbonyl (C=O) groups is 2. The number of hydrogen-bond acceptors (Lipinski definition) is 4. The predicted molar refractivity (Wildman–Crippen MR) is 96.4 cm³/mol. The Balaban J connectivity index is 2.35. The van der Waals surface area contributed by atoms with Crippen LogP contribution in [0.2, 0.25) is 0 Å². The second kappa shape index (κ2) is 8.48. The summed E-state index contributed by atoms with van der Waals surface area (Å²) >= 11 is 0. The van der Waals surface area contributed by atoms with Crippen molar-refractivity contribution >= 4 is 22.8 Å². The normalized spacial score (nSPS) is 11.2. The monoisotopic (exact) mass is 344 g/mol. The number of ether oxygens (including phenoxy) is 1. The van der Waals surface area contributed by atoms with Gasteiger partial charge in [0.25, 0.3) is 5.91 Å². The van der Waals surface area contributed by atoms with Gasteiger partial charge in [-0.25, -0.2) is 4.79 Å². The highest BCUT2D eigenvalue weighted by Crippen LogP contribution is 2.27. The second-order valence-corrected chi connectivity index (χ2v) is 5.76. The smallest absolute Gasteiger partial charge is 0.330 e. The summed E-state index contributed by atoms with van der Waals surface area (Å²) in [5.74, 6) is -0.667. The van der Waals surface area contributed by atoms with E-state index < -0.39 is 5.97 Å². The largest absolute Gasteiger partial charge is 0.466 e. The number of nitrogens with zero attached hydrogens (tertiary/aromatic N) is 1. The molecule has 1 aromatic carbocycles. The molecule has 2 N–H and O–H groups in total. The maximum atomic E-state index is 12.7. The Morgan fingerprint density at radius 2 is 2.12 bits per heavy atom. The second-order valence-electron chi connectivity index (χ2n) is 5.76. The zero-order valence-electron chi connectivity index (χ0n) is 14.8. The van der Waals surface area contributed by atoms with Crippen LogP contribution in [0.5, 0.6) is 0 Å². The first-order chi connectivity index (χ1) is 12.0. The van der Waals surface area contributed by atoms with Crippen LogP contribution in [-0.4, -0.2) is 35.2 Å². The number of carbonyl (C=O) groups excluding carboxylic acids is 2. The van der Waals surface area contributed by atoms with Crippen LogP contribution in [0.3, 0.4) is 0 Å². The summed E-state index contributed by atoms with van der Waals surface area (Å²) < 4.78 is 6.63. The molecule has 0 aliphatic heterocycles. The number of aromatic nitrogens is 1. The molecule has 0 saturated carbocycles. The molecule has 0 unspecified atom stereocenters. The summed E-state index contributed by atoms with van der Waals surface area (Å²) in [4.78, 5) is 23.7. The number of esters is 1. The summed E-state index contributed by atoms with van der Waals surface area (Å²) in [5, 5.41) is 13.0. The van der Waals surface area contributed by atoms with Crippen LogP contribution >= 0.6 is 0 Å². The van der Waals surface area contributed by atoms with Crippen molar-refractivity contribution in [3.63, 3.8) is 0 Å². The molecule has 2 rings (SSSR count). The number of rotatable bonds is 7. The van der Waals surface area contributed by atoms with Crippen molar-refractivity contribution in [2.45, 2.75) is 33.4 Å². The molecule has 6 heteroatoms. The number of aliphatic hydroxyl groups is 1. The van der Waals surface area contributed by atoms with Crippen molar-refractivity contribution in [1.29, 1.82) is 0 Å². The van der Waals surface area contributed by atoms with Gasteiger partial charge in [-0.3, -0.25) is 4.79 Å². The zero-order valence-corrected chi connectivity index (χ0v) is 14.8. The summed E-state index contributed by atoms with van der Waals surface area (Å²) in [6.07, 6.45) is 3.77. The molecule has 0 aliphatic rings. The van der Waals surface area contributed by atoms with Gasteiger partial charge in [-0.15, -0.1) is 0 Å². The number of aryl methyl sites for hydroxylation is 1. The maximum Gasteiger partial charge on any atom is 0.330 e. The molecule has 6 nitrogen and oxygen atoms in total. The molecule has 0 atom stereocenters. The molecule has 0 aliphatic carbocycles. The molecule has 1 amide bonds. The molecule has 25 heavy (non-hydrogen) atoms. The highest BCUT2D eigenvalue weighted by Gasteiger charge is 2.19. The van der Waals surface area contributed by atoms with Gasteiger partial charge in [0.1, 0.15) is 0 Å². The van der Waals surface area contributed by atoms with E-state index in [4.69, 9.17) is 0 Å². The van der Waals surface area contributed by atoms with Crippen LogP contribution in [0.4, 0.5) is 0 Å². The fourth-order valence-electron chi connectivity index (χ4n) is 2.89. The lowest BCUT2D eigenvalue weighted by Gasteiger charge is -2.07. The fourth-order valence-corrected chi connectivity index (χ4v) is 2.89. The summed E-state index contributed by atoms with van der Waals surface area (Å²) in [6.45, 7) is 4.99. The number of fused-ring (bicyclic) bond motifs is 1. The highest BCUT2D eigenvalue weighted by atomic mass is 16.5. The van der Waals surface area contributed by atoms with E-state index in [1.165, 1.54) is 13.2 Å². The van der Waals surface area contributed by atoms with Crippen LogP contribution < -0.4 is 5.32 Å². The molecule has 134 valence electrons. The topological polar surface area (TPSA) is 80.6 Å². The Kier molecular flexibility index (Phi) is 6.36. The molecule has 2 aromatic rings. The third-order valence-electron chi connectivity index (χ3n) is 4.08.